The van der Waals surface area contributed by atoms with Gasteiger partial charge in [-0.1, -0.05) is 13.5 Å². The van der Waals surface area contributed by atoms with Gasteiger partial charge < -0.3 is 4.74 Å². The molecule has 0 fully saturated rings. The molecule has 11 heavy (non-hydrogen) atoms. The van der Waals surface area contributed by atoms with Crippen LogP contribution in [-0.4, -0.2) is 11.8 Å². The lowest BCUT2D eigenvalue weighted by Crippen LogP contribution is -2.11. The van der Waals surface area contributed by atoms with Gasteiger partial charge in [0.25, 0.3) is 0 Å². The summed E-state index contributed by atoms with van der Waals surface area (Å²) < 4.78 is 15.0. The Bertz CT molecular complexity index is 177. The minimum absolute atomic E-state index is 0.159. The Hall–Kier alpha value is -0.690. The van der Waals surface area contributed by atoms with E-state index in [4.69, 9.17) is 4.74 Å². The molecule has 0 heterocycles. The normalized spacial score (nSPS) is 12.5. The summed E-state index contributed by atoms with van der Waals surface area (Å²) in [6.07, 6.45) is 0.546. The van der Waals surface area contributed by atoms with E-state index in [9.17, 15) is 9.36 Å². The first-order valence-corrected chi connectivity index (χ1v) is 4.19. The van der Waals surface area contributed by atoms with E-state index in [1.54, 1.807) is 13.8 Å². The van der Waals surface area contributed by atoms with Crippen molar-refractivity contribution in [3.05, 3.63) is 12.2 Å². The molecular weight excluding hydrogens is 163 g/mol. The Kier molecular flexibility index (Phi) is 4.71. The number of ether oxygens (including phenoxy) is 1. The molecule has 0 aromatic rings. The summed E-state index contributed by atoms with van der Waals surface area (Å²) >= 11 is 0. The van der Waals surface area contributed by atoms with Gasteiger partial charge in [0.05, 0.1) is 0 Å². The molecule has 1 unspecified atom stereocenters. The largest absolute Gasteiger partial charge is 0.446 e. The summed E-state index contributed by atoms with van der Waals surface area (Å²) in [6.45, 7) is 6.74. The molecule has 0 bridgehead atoms. The van der Waals surface area contributed by atoms with Crippen molar-refractivity contribution in [1.82, 2.24) is 0 Å². The molecule has 0 amide bonds. The van der Waals surface area contributed by atoms with Crippen molar-refractivity contribution in [1.29, 1.82) is 0 Å². The third-order valence-electron chi connectivity index (χ3n) is 1.06. The lowest BCUT2D eigenvalue weighted by atomic mass is 10.4. The molecule has 0 radical (unpaired) electrons. The maximum Gasteiger partial charge on any atom is 0.334 e. The maximum atomic E-state index is 10.8. The van der Waals surface area contributed by atoms with Crippen LogP contribution >= 0.6 is 8.46 Å². The predicted octanol–water partition coefficient (Wildman–Crippen LogP) is 2.13. The first-order valence-electron chi connectivity index (χ1n) is 3.30. The summed E-state index contributed by atoms with van der Waals surface area (Å²) in [5.74, 6) is -1.01. The number of rotatable bonds is 4. The summed E-state index contributed by atoms with van der Waals surface area (Å²) in [4.78, 5) is 10.8. The quantitative estimate of drug-likeness (QED) is 0.372. The molecule has 4 heteroatoms. The van der Waals surface area contributed by atoms with Gasteiger partial charge in [-0.3, -0.25) is 4.57 Å². The SMILES string of the molecule is C=C(C)C(=O)OC(CC)P=O. The van der Waals surface area contributed by atoms with E-state index in [2.05, 4.69) is 6.58 Å². The molecule has 0 spiro atoms. The zero-order valence-corrected chi connectivity index (χ0v) is 7.56. The molecule has 0 aromatic carbocycles. The molecule has 0 saturated carbocycles. The van der Waals surface area contributed by atoms with Gasteiger partial charge in [-0.15, -0.1) is 0 Å². The standard InChI is InChI=1S/C7H11O3P/c1-4-6(11-9)10-7(8)5(2)3/h6H,2,4H2,1,3H3. The minimum Gasteiger partial charge on any atom is -0.446 e. The van der Waals surface area contributed by atoms with Gasteiger partial charge in [0.2, 0.25) is 8.46 Å². The second kappa shape index (κ2) is 5.03. The first-order chi connectivity index (χ1) is 5.11. The van der Waals surface area contributed by atoms with Crippen LogP contribution in [0.5, 0.6) is 0 Å². The number of hydrogen-bond acceptors (Lipinski definition) is 3. The average molecular weight is 174 g/mol. The fourth-order valence-electron chi connectivity index (χ4n) is 0.404. The highest BCUT2D eigenvalue weighted by Gasteiger charge is 2.11. The third kappa shape index (κ3) is 3.89. The Balaban J connectivity index is 3.91. The number of carbonyl (C=O) groups is 1. The van der Waals surface area contributed by atoms with E-state index in [-0.39, 0.29) is 8.46 Å². The molecule has 3 nitrogen and oxygen atoms in total. The monoisotopic (exact) mass is 174 g/mol. The summed E-state index contributed by atoms with van der Waals surface area (Å²) in [5.41, 5.74) is 0.326. The van der Waals surface area contributed by atoms with Crippen LogP contribution in [0.25, 0.3) is 0 Å². The minimum atomic E-state index is -0.529. The third-order valence-corrected chi connectivity index (χ3v) is 1.76. The van der Waals surface area contributed by atoms with Crippen LogP contribution in [0.1, 0.15) is 20.3 Å². The summed E-state index contributed by atoms with van der Waals surface area (Å²) in [7, 11) is -0.159. The molecule has 0 saturated heterocycles. The lowest BCUT2D eigenvalue weighted by molar-refractivity contribution is -0.140. The van der Waals surface area contributed by atoms with Crippen molar-refractivity contribution in [2.24, 2.45) is 0 Å². The lowest BCUT2D eigenvalue weighted by Gasteiger charge is -2.07. The second-order valence-corrected chi connectivity index (χ2v) is 2.94. The molecule has 0 aliphatic heterocycles. The van der Waals surface area contributed by atoms with Gasteiger partial charge in [-0.05, 0) is 13.3 Å². The van der Waals surface area contributed by atoms with Crippen molar-refractivity contribution < 1.29 is 14.1 Å². The van der Waals surface area contributed by atoms with E-state index in [1.165, 1.54) is 0 Å². The molecule has 0 rings (SSSR count). The van der Waals surface area contributed by atoms with Crippen molar-refractivity contribution in [3.8, 4) is 0 Å². The van der Waals surface area contributed by atoms with Crippen molar-refractivity contribution in [3.63, 3.8) is 0 Å². The van der Waals surface area contributed by atoms with Crippen molar-refractivity contribution in [2.75, 3.05) is 0 Å². The van der Waals surface area contributed by atoms with E-state index in [0.717, 1.165) is 0 Å². The Morgan fingerprint density at radius 1 is 1.73 bits per heavy atom. The smallest absolute Gasteiger partial charge is 0.334 e. The zero-order valence-electron chi connectivity index (χ0n) is 6.66. The van der Waals surface area contributed by atoms with Crippen LogP contribution in [0.3, 0.4) is 0 Å². The van der Waals surface area contributed by atoms with E-state index < -0.39 is 11.8 Å². The highest BCUT2D eigenvalue weighted by Crippen LogP contribution is 2.13. The fourth-order valence-corrected chi connectivity index (χ4v) is 0.691. The Morgan fingerprint density at radius 3 is 2.55 bits per heavy atom. The van der Waals surface area contributed by atoms with Gasteiger partial charge in [0.15, 0.2) is 5.85 Å². The number of carbonyl (C=O) groups excluding carboxylic acids is 1. The fraction of sp³-hybridized carbons (Fsp3) is 0.571. The highest BCUT2D eigenvalue weighted by atomic mass is 31.1. The topological polar surface area (TPSA) is 43.4 Å². The molecule has 0 aliphatic rings. The van der Waals surface area contributed by atoms with Gasteiger partial charge >= 0.3 is 5.97 Å². The van der Waals surface area contributed by atoms with Gasteiger partial charge in [-0.25, -0.2) is 4.79 Å². The van der Waals surface area contributed by atoms with Gasteiger partial charge in [-0.2, -0.15) is 0 Å². The average Bonchev–Trinajstić information content (AvgIpc) is 1.99. The second-order valence-electron chi connectivity index (χ2n) is 2.15. The summed E-state index contributed by atoms with van der Waals surface area (Å²) in [6, 6.07) is 0. The van der Waals surface area contributed by atoms with Crippen LogP contribution in [0.15, 0.2) is 12.2 Å². The molecule has 62 valence electrons. The molecule has 0 N–H and O–H groups in total. The zero-order chi connectivity index (χ0) is 8.85. The van der Waals surface area contributed by atoms with Crippen LogP contribution in [0, 0.1) is 0 Å². The Labute approximate surface area is 67.6 Å². The van der Waals surface area contributed by atoms with Gasteiger partial charge in [0.1, 0.15) is 0 Å². The van der Waals surface area contributed by atoms with Crippen LogP contribution in [0.2, 0.25) is 0 Å². The van der Waals surface area contributed by atoms with Gasteiger partial charge in [0, 0.05) is 5.57 Å². The molecule has 0 aliphatic carbocycles. The van der Waals surface area contributed by atoms with Crippen LogP contribution in [-0.2, 0) is 14.1 Å². The predicted molar refractivity (Wildman–Crippen MR) is 42.6 cm³/mol. The van der Waals surface area contributed by atoms with Crippen LogP contribution < -0.4 is 0 Å². The molecule has 0 aromatic heterocycles. The van der Waals surface area contributed by atoms with Crippen molar-refractivity contribution in [2.45, 2.75) is 26.1 Å². The molecule has 1 atom stereocenters. The molecular formula is C7H11O3P. The van der Waals surface area contributed by atoms with E-state index >= 15 is 0 Å². The van der Waals surface area contributed by atoms with Crippen LogP contribution in [0.4, 0.5) is 0 Å². The Morgan fingerprint density at radius 2 is 2.27 bits per heavy atom. The maximum absolute atomic E-state index is 10.8. The highest BCUT2D eigenvalue weighted by molar-refractivity contribution is 7.24. The first kappa shape index (κ1) is 10.3. The number of esters is 1. The van der Waals surface area contributed by atoms with E-state index in [0.29, 0.717) is 12.0 Å². The number of hydrogen-bond donors (Lipinski definition) is 0. The summed E-state index contributed by atoms with van der Waals surface area (Å²) in [5, 5.41) is 0. The van der Waals surface area contributed by atoms with E-state index in [1.807, 2.05) is 0 Å². The van der Waals surface area contributed by atoms with Crippen molar-refractivity contribution >= 4 is 14.4 Å².